The van der Waals surface area contributed by atoms with Gasteiger partial charge in [0.2, 0.25) is 0 Å². The molecule has 82 valence electrons. The lowest BCUT2D eigenvalue weighted by Crippen LogP contribution is -1.81. The lowest BCUT2D eigenvalue weighted by Gasteiger charge is -2.02. The van der Waals surface area contributed by atoms with Gasteiger partial charge >= 0.3 is 0 Å². The molecule has 0 saturated carbocycles. The Labute approximate surface area is 112 Å². The highest BCUT2D eigenvalue weighted by molar-refractivity contribution is 14.1. The third-order valence-corrected chi connectivity index (χ3v) is 3.90. The van der Waals surface area contributed by atoms with Gasteiger partial charge in [-0.3, -0.25) is 0 Å². The standard InChI is InChI=1S/C13H10FIS/c14-11-2-1-3-13(8-11)16-9-10-4-6-12(15)7-5-10/h1-8H,9H2. The first kappa shape index (κ1) is 11.9. The molecule has 0 bridgehead atoms. The second kappa shape index (κ2) is 5.68. The van der Waals surface area contributed by atoms with Crippen molar-refractivity contribution >= 4 is 34.4 Å². The molecule has 0 spiro atoms. The summed E-state index contributed by atoms with van der Waals surface area (Å²) in [5, 5.41) is 0. The maximum atomic E-state index is 12.9. The van der Waals surface area contributed by atoms with E-state index in [4.69, 9.17) is 0 Å². The van der Waals surface area contributed by atoms with Crippen LogP contribution in [0.2, 0.25) is 0 Å². The SMILES string of the molecule is Fc1cccc(SCc2ccc(I)cc2)c1. The van der Waals surface area contributed by atoms with Gasteiger partial charge in [0.1, 0.15) is 5.82 Å². The predicted molar refractivity (Wildman–Crippen MR) is 75.1 cm³/mol. The maximum Gasteiger partial charge on any atom is 0.124 e. The summed E-state index contributed by atoms with van der Waals surface area (Å²) in [6.45, 7) is 0. The molecular weight excluding hydrogens is 334 g/mol. The van der Waals surface area contributed by atoms with Crippen molar-refractivity contribution in [2.24, 2.45) is 0 Å². The van der Waals surface area contributed by atoms with E-state index in [0.29, 0.717) is 0 Å². The Kier molecular flexibility index (Phi) is 4.23. The van der Waals surface area contributed by atoms with Crippen molar-refractivity contribution in [1.82, 2.24) is 0 Å². The van der Waals surface area contributed by atoms with Crippen LogP contribution in [0.1, 0.15) is 5.56 Å². The Morgan fingerprint density at radius 3 is 2.50 bits per heavy atom. The molecule has 0 fully saturated rings. The number of rotatable bonds is 3. The number of hydrogen-bond donors (Lipinski definition) is 0. The average molecular weight is 344 g/mol. The van der Waals surface area contributed by atoms with Gasteiger partial charge in [0, 0.05) is 14.2 Å². The fourth-order valence-electron chi connectivity index (χ4n) is 1.30. The molecule has 2 rings (SSSR count). The topological polar surface area (TPSA) is 0 Å². The minimum absolute atomic E-state index is 0.174. The Bertz CT molecular complexity index is 468. The normalized spacial score (nSPS) is 10.4. The van der Waals surface area contributed by atoms with E-state index in [9.17, 15) is 4.39 Å². The zero-order valence-corrected chi connectivity index (χ0v) is 11.5. The highest BCUT2D eigenvalue weighted by Gasteiger charge is 1.97. The van der Waals surface area contributed by atoms with Gasteiger partial charge in [-0.25, -0.2) is 4.39 Å². The van der Waals surface area contributed by atoms with Gasteiger partial charge in [-0.2, -0.15) is 0 Å². The van der Waals surface area contributed by atoms with E-state index in [0.717, 1.165) is 10.6 Å². The van der Waals surface area contributed by atoms with Crippen LogP contribution in [-0.4, -0.2) is 0 Å². The van der Waals surface area contributed by atoms with Gasteiger partial charge in [-0.1, -0.05) is 18.2 Å². The van der Waals surface area contributed by atoms with E-state index in [1.807, 2.05) is 6.07 Å². The van der Waals surface area contributed by atoms with Gasteiger partial charge in [0.05, 0.1) is 0 Å². The summed E-state index contributed by atoms with van der Waals surface area (Å²) >= 11 is 3.94. The molecule has 0 aliphatic carbocycles. The number of thioether (sulfide) groups is 1. The van der Waals surface area contributed by atoms with Crippen molar-refractivity contribution in [2.45, 2.75) is 10.6 Å². The van der Waals surface area contributed by atoms with Crippen molar-refractivity contribution in [3.63, 3.8) is 0 Å². The monoisotopic (exact) mass is 344 g/mol. The van der Waals surface area contributed by atoms with E-state index in [-0.39, 0.29) is 5.82 Å². The molecule has 16 heavy (non-hydrogen) atoms. The second-order valence-electron chi connectivity index (χ2n) is 3.37. The van der Waals surface area contributed by atoms with Gasteiger partial charge < -0.3 is 0 Å². The minimum atomic E-state index is -0.174. The van der Waals surface area contributed by atoms with Crippen LogP contribution < -0.4 is 0 Å². The van der Waals surface area contributed by atoms with E-state index in [1.165, 1.54) is 15.2 Å². The molecule has 0 nitrogen and oxygen atoms in total. The summed E-state index contributed by atoms with van der Waals surface area (Å²) in [5.41, 5.74) is 1.26. The van der Waals surface area contributed by atoms with Crippen LogP contribution in [0.4, 0.5) is 4.39 Å². The molecule has 2 aromatic rings. The Hall–Kier alpha value is -0.550. The van der Waals surface area contributed by atoms with Crippen molar-refractivity contribution in [1.29, 1.82) is 0 Å². The van der Waals surface area contributed by atoms with Crippen molar-refractivity contribution in [3.05, 3.63) is 63.5 Å². The first-order valence-corrected chi connectivity index (χ1v) is 6.93. The third kappa shape index (κ3) is 3.49. The molecule has 0 amide bonds. The summed E-state index contributed by atoms with van der Waals surface area (Å²) in [6, 6.07) is 15.1. The molecule has 0 aliphatic heterocycles. The zero-order valence-electron chi connectivity index (χ0n) is 8.49. The average Bonchev–Trinajstić information content (AvgIpc) is 2.28. The van der Waals surface area contributed by atoms with Crippen molar-refractivity contribution in [3.8, 4) is 0 Å². The van der Waals surface area contributed by atoms with E-state index in [1.54, 1.807) is 23.9 Å². The van der Waals surface area contributed by atoms with Crippen LogP contribution in [0.25, 0.3) is 0 Å². The zero-order chi connectivity index (χ0) is 11.4. The fourth-order valence-corrected chi connectivity index (χ4v) is 2.56. The van der Waals surface area contributed by atoms with E-state index in [2.05, 4.69) is 46.9 Å². The summed E-state index contributed by atoms with van der Waals surface area (Å²) in [4.78, 5) is 0.971. The number of hydrogen-bond acceptors (Lipinski definition) is 1. The molecule has 0 aliphatic rings. The predicted octanol–water partition coefficient (Wildman–Crippen LogP) is 4.72. The first-order valence-electron chi connectivity index (χ1n) is 4.87. The van der Waals surface area contributed by atoms with Crippen LogP contribution in [0.5, 0.6) is 0 Å². The first-order chi connectivity index (χ1) is 7.74. The molecule has 0 aromatic heterocycles. The number of halogens is 2. The van der Waals surface area contributed by atoms with Crippen LogP contribution in [-0.2, 0) is 5.75 Å². The lowest BCUT2D eigenvalue weighted by molar-refractivity contribution is 0.624. The van der Waals surface area contributed by atoms with Gasteiger partial charge in [-0.15, -0.1) is 11.8 Å². The molecule has 0 saturated heterocycles. The Balaban J connectivity index is 1.99. The van der Waals surface area contributed by atoms with E-state index >= 15 is 0 Å². The van der Waals surface area contributed by atoms with Gasteiger partial charge in [0.15, 0.2) is 0 Å². The van der Waals surface area contributed by atoms with Gasteiger partial charge in [-0.05, 0) is 58.5 Å². The molecule has 0 radical (unpaired) electrons. The van der Waals surface area contributed by atoms with Crippen molar-refractivity contribution in [2.75, 3.05) is 0 Å². The van der Waals surface area contributed by atoms with Crippen LogP contribution >= 0.6 is 34.4 Å². The highest BCUT2D eigenvalue weighted by atomic mass is 127. The largest absolute Gasteiger partial charge is 0.207 e. The summed E-state index contributed by atoms with van der Waals surface area (Å²) in [5.74, 6) is 0.702. The molecule has 2 aromatic carbocycles. The molecule has 0 heterocycles. The number of benzene rings is 2. The van der Waals surface area contributed by atoms with Crippen molar-refractivity contribution < 1.29 is 4.39 Å². The molecule has 0 N–H and O–H groups in total. The molecule has 0 unspecified atom stereocenters. The second-order valence-corrected chi connectivity index (χ2v) is 5.67. The summed E-state index contributed by atoms with van der Waals surface area (Å²) < 4.78 is 14.2. The lowest BCUT2D eigenvalue weighted by atomic mass is 10.2. The quantitative estimate of drug-likeness (QED) is 0.573. The third-order valence-electron chi connectivity index (χ3n) is 2.11. The Morgan fingerprint density at radius 1 is 1.06 bits per heavy atom. The van der Waals surface area contributed by atoms with Crippen LogP contribution in [0, 0.1) is 9.39 Å². The van der Waals surface area contributed by atoms with Crippen LogP contribution in [0.15, 0.2) is 53.4 Å². The fraction of sp³-hybridized carbons (Fsp3) is 0.0769. The van der Waals surface area contributed by atoms with Crippen LogP contribution in [0.3, 0.4) is 0 Å². The maximum absolute atomic E-state index is 12.9. The summed E-state index contributed by atoms with van der Waals surface area (Å²) in [6.07, 6.45) is 0. The highest BCUT2D eigenvalue weighted by Crippen LogP contribution is 2.23. The minimum Gasteiger partial charge on any atom is -0.207 e. The smallest absolute Gasteiger partial charge is 0.124 e. The van der Waals surface area contributed by atoms with Gasteiger partial charge in [0.25, 0.3) is 0 Å². The van der Waals surface area contributed by atoms with E-state index < -0.39 is 0 Å². The molecule has 3 heteroatoms. The Morgan fingerprint density at radius 2 is 1.81 bits per heavy atom. The molecular formula is C13H10FIS. The summed E-state index contributed by atoms with van der Waals surface area (Å²) in [7, 11) is 0. The molecule has 0 atom stereocenters.